The number of hydrogen-bond acceptors (Lipinski definition) is 7. The van der Waals surface area contributed by atoms with Crippen molar-refractivity contribution in [3.63, 3.8) is 0 Å². The number of urea groups is 1. The van der Waals surface area contributed by atoms with Crippen molar-refractivity contribution in [2.24, 2.45) is 0 Å². The minimum Gasteiger partial charge on any atom is -0.368 e. The molecule has 1 aromatic heterocycles. The molecule has 0 bridgehead atoms. The van der Waals surface area contributed by atoms with Crippen molar-refractivity contribution in [1.82, 2.24) is 19.8 Å². The van der Waals surface area contributed by atoms with E-state index >= 15 is 0 Å². The summed E-state index contributed by atoms with van der Waals surface area (Å²) in [7, 11) is 2.13. The summed E-state index contributed by atoms with van der Waals surface area (Å²) in [6.07, 6.45) is 3.72. The van der Waals surface area contributed by atoms with Crippen LogP contribution in [0, 0.1) is 0 Å². The third-order valence-corrected chi connectivity index (χ3v) is 8.27. The predicted molar refractivity (Wildman–Crippen MR) is 162 cm³/mol. The highest BCUT2D eigenvalue weighted by molar-refractivity contribution is 6.33. The van der Waals surface area contributed by atoms with E-state index in [1.165, 1.54) is 6.08 Å². The van der Waals surface area contributed by atoms with E-state index in [1.807, 2.05) is 48.5 Å². The van der Waals surface area contributed by atoms with Crippen molar-refractivity contribution in [3.05, 3.63) is 78.0 Å². The van der Waals surface area contributed by atoms with Gasteiger partial charge in [0.05, 0.1) is 23.3 Å². The van der Waals surface area contributed by atoms with Crippen LogP contribution < -0.4 is 20.0 Å². The highest BCUT2D eigenvalue weighted by Crippen LogP contribution is 2.35. The number of benzene rings is 2. The Morgan fingerprint density at radius 1 is 1.10 bits per heavy atom. The summed E-state index contributed by atoms with van der Waals surface area (Å²) in [5.74, 6) is 0.784. The van der Waals surface area contributed by atoms with Crippen LogP contribution in [0.2, 0.25) is 5.02 Å². The number of halogens is 1. The van der Waals surface area contributed by atoms with Gasteiger partial charge in [0, 0.05) is 62.4 Å². The first-order chi connectivity index (χ1) is 19.9. The second-order valence-corrected chi connectivity index (χ2v) is 11.0. The zero-order valence-electron chi connectivity index (χ0n) is 23.0. The average molecular weight is 573 g/mol. The fraction of sp³-hybridized carbons (Fsp3) is 0.333. The molecule has 11 heteroatoms. The molecule has 2 fully saturated rings. The van der Waals surface area contributed by atoms with E-state index in [0.717, 1.165) is 48.8 Å². The molecule has 41 heavy (non-hydrogen) atoms. The maximum atomic E-state index is 14.0. The van der Waals surface area contributed by atoms with Crippen molar-refractivity contribution in [2.45, 2.75) is 19.0 Å². The monoisotopic (exact) mass is 572 g/mol. The van der Waals surface area contributed by atoms with Gasteiger partial charge in [-0.25, -0.2) is 9.78 Å². The van der Waals surface area contributed by atoms with Gasteiger partial charge in [-0.2, -0.15) is 4.98 Å². The minimum absolute atomic E-state index is 0.140. The van der Waals surface area contributed by atoms with Crippen LogP contribution in [0.25, 0.3) is 0 Å². The maximum absolute atomic E-state index is 14.0. The lowest BCUT2D eigenvalue weighted by Gasteiger charge is -2.39. The molecule has 10 nitrogen and oxygen atoms in total. The van der Waals surface area contributed by atoms with Crippen molar-refractivity contribution in [3.8, 4) is 0 Å². The van der Waals surface area contributed by atoms with Gasteiger partial charge in [0.15, 0.2) is 0 Å². The lowest BCUT2D eigenvalue weighted by atomic mass is 10.1. The lowest BCUT2D eigenvalue weighted by molar-refractivity contribution is -0.125. The van der Waals surface area contributed by atoms with E-state index in [1.54, 1.807) is 20.9 Å². The Hall–Kier alpha value is -4.15. The molecule has 0 aliphatic carbocycles. The zero-order chi connectivity index (χ0) is 28.5. The molecule has 2 aromatic carbocycles. The van der Waals surface area contributed by atoms with Gasteiger partial charge in [-0.1, -0.05) is 36.4 Å². The third kappa shape index (κ3) is 5.45. The molecule has 1 unspecified atom stereocenters. The van der Waals surface area contributed by atoms with Gasteiger partial charge in [0.25, 0.3) is 0 Å². The van der Waals surface area contributed by atoms with E-state index in [4.69, 9.17) is 16.6 Å². The first-order valence-electron chi connectivity index (χ1n) is 13.8. The number of nitrogens with zero attached hydrogens (tertiary/aromatic N) is 7. The summed E-state index contributed by atoms with van der Waals surface area (Å²) in [6, 6.07) is 15.0. The van der Waals surface area contributed by atoms with Gasteiger partial charge in [-0.15, -0.1) is 0 Å². The molecule has 0 spiro atoms. The largest absolute Gasteiger partial charge is 0.368 e. The molecule has 2 saturated heterocycles. The molecule has 6 rings (SSSR count). The average Bonchev–Trinajstić information content (AvgIpc) is 3.47. The van der Waals surface area contributed by atoms with Crippen LogP contribution in [-0.2, 0) is 11.3 Å². The van der Waals surface area contributed by atoms with Gasteiger partial charge in [-0.3, -0.25) is 14.6 Å². The van der Waals surface area contributed by atoms with Gasteiger partial charge in [0.2, 0.25) is 11.9 Å². The molecule has 212 valence electrons. The van der Waals surface area contributed by atoms with E-state index in [-0.39, 0.29) is 18.0 Å². The molecule has 3 aliphatic heterocycles. The number of likely N-dealkylation sites (N-methyl/N-ethyl adjacent to an activating group) is 1. The summed E-state index contributed by atoms with van der Waals surface area (Å²) < 4.78 is 0. The topological polar surface area (TPSA) is 88.1 Å². The van der Waals surface area contributed by atoms with Gasteiger partial charge in [0.1, 0.15) is 5.82 Å². The SMILES string of the molecule is C=CC(=O)N1CCC(N2C(=O)N(c3ccccc3)Cc3cnc(Nc4ccc(N5CCN(C)CC5)c(Cl)c4)nc32)C1. The Bertz CT molecular complexity index is 1460. The van der Waals surface area contributed by atoms with Gasteiger partial charge < -0.3 is 20.0 Å². The van der Waals surface area contributed by atoms with Crippen molar-refractivity contribution in [1.29, 1.82) is 0 Å². The Morgan fingerprint density at radius 2 is 1.88 bits per heavy atom. The van der Waals surface area contributed by atoms with Gasteiger partial charge in [-0.05, 0) is 49.9 Å². The third-order valence-electron chi connectivity index (χ3n) is 7.97. The molecular weight excluding hydrogens is 540 g/mol. The number of para-hydroxylation sites is 1. The van der Waals surface area contributed by atoms with Gasteiger partial charge >= 0.3 is 6.03 Å². The number of nitrogens with one attached hydrogen (secondary N) is 1. The second kappa shape index (κ2) is 11.4. The summed E-state index contributed by atoms with van der Waals surface area (Å²) in [5.41, 5.74) is 3.39. The van der Waals surface area contributed by atoms with Crippen LogP contribution in [0.3, 0.4) is 0 Å². The molecule has 1 N–H and O–H groups in total. The number of fused-ring (bicyclic) bond motifs is 1. The molecule has 3 amide bonds. The number of rotatable bonds is 6. The zero-order valence-corrected chi connectivity index (χ0v) is 23.8. The van der Waals surface area contributed by atoms with Crippen LogP contribution in [0.15, 0.2) is 67.4 Å². The Labute approximate surface area is 244 Å². The molecule has 3 aromatic rings. The summed E-state index contributed by atoms with van der Waals surface area (Å²) in [6.45, 7) is 8.78. The number of carbonyl (C=O) groups excluding carboxylic acids is 2. The fourth-order valence-corrected chi connectivity index (χ4v) is 5.97. The summed E-state index contributed by atoms with van der Waals surface area (Å²) in [5, 5.41) is 3.93. The molecule has 4 heterocycles. The Morgan fingerprint density at radius 3 is 2.61 bits per heavy atom. The highest BCUT2D eigenvalue weighted by Gasteiger charge is 2.40. The number of hydrogen-bond donors (Lipinski definition) is 1. The van der Waals surface area contributed by atoms with E-state index in [9.17, 15) is 9.59 Å². The van der Waals surface area contributed by atoms with Crippen molar-refractivity contribution < 1.29 is 9.59 Å². The number of piperazine rings is 1. The standard InChI is InChI=1S/C30H33ClN8O2/c1-3-27(40)37-12-11-24(20-37)39-28-21(19-38(30(39)41)23-7-5-4-6-8-23)18-32-29(34-28)33-22-9-10-26(25(31)17-22)36-15-13-35(2)14-16-36/h3-10,17-18,24H,1,11-16,19-20H2,2H3,(H,32,33,34). The normalized spacial score (nSPS) is 19.4. The molecular formula is C30H33ClN8O2. The summed E-state index contributed by atoms with van der Waals surface area (Å²) >= 11 is 6.70. The first kappa shape index (κ1) is 27.0. The first-order valence-corrected chi connectivity index (χ1v) is 14.2. The van der Waals surface area contributed by atoms with Crippen molar-refractivity contribution in [2.75, 3.05) is 66.3 Å². The Kier molecular flexibility index (Phi) is 7.51. The molecule has 0 radical (unpaired) electrons. The second-order valence-electron chi connectivity index (χ2n) is 10.6. The quantitative estimate of drug-likeness (QED) is 0.439. The lowest BCUT2D eigenvalue weighted by Crippen LogP contribution is -2.53. The number of likely N-dealkylation sites (tertiary alicyclic amines) is 1. The molecule has 3 aliphatic rings. The minimum atomic E-state index is -0.225. The maximum Gasteiger partial charge on any atom is 0.330 e. The van der Waals surface area contributed by atoms with Crippen LogP contribution in [-0.4, -0.2) is 84.1 Å². The fourth-order valence-electron chi connectivity index (χ4n) is 5.67. The smallest absolute Gasteiger partial charge is 0.330 e. The Balaban J connectivity index is 1.28. The molecule has 0 saturated carbocycles. The highest BCUT2D eigenvalue weighted by atomic mass is 35.5. The van der Waals surface area contributed by atoms with Crippen LogP contribution >= 0.6 is 11.6 Å². The number of carbonyl (C=O) groups is 2. The van der Waals surface area contributed by atoms with Crippen molar-refractivity contribution >= 4 is 52.4 Å². The van der Waals surface area contributed by atoms with E-state index in [0.29, 0.717) is 42.8 Å². The predicted octanol–water partition coefficient (Wildman–Crippen LogP) is 4.36. The number of anilines is 5. The summed E-state index contributed by atoms with van der Waals surface area (Å²) in [4.78, 5) is 45.5. The van der Waals surface area contributed by atoms with Crippen LogP contribution in [0.4, 0.5) is 33.6 Å². The van der Waals surface area contributed by atoms with Crippen LogP contribution in [0.5, 0.6) is 0 Å². The van der Waals surface area contributed by atoms with Crippen LogP contribution in [0.1, 0.15) is 12.0 Å². The number of amides is 3. The van der Waals surface area contributed by atoms with E-state index in [2.05, 4.69) is 33.7 Å². The van der Waals surface area contributed by atoms with E-state index < -0.39 is 0 Å². The number of aromatic nitrogens is 2. The molecule has 1 atom stereocenters.